The van der Waals surface area contributed by atoms with Crippen LogP contribution in [0, 0.1) is 0 Å². The summed E-state index contributed by atoms with van der Waals surface area (Å²) >= 11 is 0. The largest absolute Gasteiger partial charge is 0.462 e. The minimum absolute atomic E-state index is 0.0770. The smallest absolute Gasteiger partial charge is 0.306 e. The van der Waals surface area contributed by atoms with Crippen LogP contribution in [-0.4, -0.2) is 37.2 Å². The second-order valence-corrected chi connectivity index (χ2v) is 19.9. The van der Waals surface area contributed by atoms with Crippen molar-refractivity contribution in [2.45, 2.75) is 316 Å². The highest BCUT2D eigenvalue weighted by Crippen LogP contribution is 2.16. The topological polar surface area (TPSA) is 78.9 Å². The van der Waals surface area contributed by atoms with Crippen LogP contribution in [0.15, 0.2) is 48.6 Å². The molecule has 396 valence electrons. The molecule has 0 saturated carbocycles. The minimum atomic E-state index is -0.778. The van der Waals surface area contributed by atoms with Gasteiger partial charge < -0.3 is 14.2 Å². The van der Waals surface area contributed by atoms with Crippen molar-refractivity contribution >= 4 is 17.9 Å². The van der Waals surface area contributed by atoms with E-state index in [4.69, 9.17) is 14.2 Å². The molecular formula is C62H112O6. The van der Waals surface area contributed by atoms with E-state index in [1.165, 1.54) is 199 Å². The van der Waals surface area contributed by atoms with Gasteiger partial charge in [-0.25, -0.2) is 0 Å². The summed E-state index contributed by atoms with van der Waals surface area (Å²) in [4.78, 5) is 38.2. The maximum absolute atomic E-state index is 12.9. The fraction of sp³-hybridized carbons (Fsp3) is 0.823. The van der Waals surface area contributed by atoms with Gasteiger partial charge >= 0.3 is 17.9 Å². The van der Waals surface area contributed by atoms with Crippen molar-refractivity contribution in [1.82, 2.24) is 0 Å². The van der Waals surface area contributed by atoms with E-state index in [1.807, 2.05) is 0 Å². The van der Waals surface area contributed by atoms with Crippen molar-refractivity contribution in [3.63, 3.8) is 0 Å². The summed E-state index contributed by atoms with van der Waals surface area (Å²) in [5.74, 6) is -0.878. The Morgan fingerprint density at radius 3 is 0.853 bits per heavy atom. The Kier molecular flexibility index (Phi) is 54.8. The van der Waals surface area contributed by atoms with Crippen molar-refractivity contribution in [1.29, 1.82) is 0 Å². The molecule has 1 unspecified atom stereocenters. The summed E-state index contributed by atoms with van der Waals surface area (Å²) in [5.41, 5.74) is 0. The predicted octanol–water partition coefficient (Wildman–Crippen LogP) is 19.8. The molecule has 0 fully saturated rings. The summed E-state index contributed by atoms with van der Waals surface area (Å²) in [5, 5.41) is 0. The molecule has 0 aromatic heterocycles. The molecule has 68 heavy (non-hydrogen) atoms. The third kappa shape index (κ3) is 54.3. The van der Waals surface area contributed by atoms with Gasteiger partial charge in [0.25, 0.3) is 0 Å². The highest BCUT2D eigenvalue weighted by molar-refractivity contribution is 5.71. The highest BCUT2D eigenvalue weighted by Gasteiger charge is 2.19. The lowest BCUT2D eigenvalue weighted by Gasteiger charge is -2.18. The normalized spacial score (nSPS) is 12.3. The Balaban J connectivity index is 4.33. The summed E-state index contributed by atoms with van der Waals surface area (Å²) in [6.07, 6.45) is 69.6. The molecule has 6 heteroatoms. The van der Waals surface area contributed by atoms with Gasteiger partial charge in [-0.2, -0.15) is 0 Å². The predicted molar refractivity (Wildman–Crippen MR) is 293 cm³/mol. The molecule has 0 amide bonds. The summed E-state index contributed by atoms with van der Waals surface area (Å²) in [6.45, 7) is 6.61. The number of esters is 3. The number of rotatable bonds is 54. The molecule has 6 nitrogen and oxygen atoms in total. The maximum Gasteiger partial charge on any atom is 0.306 e. The van der Waals surface area contributed by atoms with Gasteiger partial charge in [-0.05, 0) is 103 Å². The lowest BCUT2D eigenvalue weighted by molar-refractivity contribution is -0.167. The highest BCUT2D eigenvalue weighted by atomic mass is 16.6. The number of ether oxygens (including phenoxy) is 3. The quantitative estimate of drug-likeness (QED) is 0.0262. The number of hydrogen-bond acceptors (Lipinski definition) is 6. The number of carbonyl (C=O) groups excluding carboxylic acids is 3. The van der Waals surface area contributed by atoms with Crippen molar-refractivity contribution in [2.24, 2.45) is 0 Å². The number of hydrogen-bond donors (Lipinski definition) is 0. The van der Waals surface area contributed by atoms with Crippen LogP contribution in [-0.2, 0) is 28.6 Å². The first kappa shape index (κ1) is 65.4. The molecule has 0 aliphatic heterocycles. The SMILES string of the molecule is CCCCC/C=C\C/C=C\CCCCCCCCCCCC(=O)OCC(COC(=O)CCCCCCC/C=C\CCCCC)OC(=O)CCCCCCCCCCC/C=C\CCCCCCCC. The first-order valence-electron chi connectivity index (χ1n) is 29.6. The molecule has 0 saturated heterocycles. The molecule has 0 bridgehead atoms. The van der Waals surface area contributed by atoms with E-state index in [1.54, 1.807) is 0 Å². The van der Waals surface area contributed by atoms with Gasteiger partial charge in [-0.1, -0.05) is 236 Å². The van der Waals surface area contributed by atoms with Crippen molar-refractivity contribution in [2.75, 3.05) is 13.2 Å². The van der Waals surface area contributed by atoms with Gasteiger partial charge in [-0.3, -0.25) is 14.4 Å². The van der Waals surface area contributed by atoms with Gasteiger partial charge in [-0.15, -0.1) is 0 Å². The van der Waals surface area contributed by atoms with Crippen LogP contribution < -0.4 is 0 Å². The van der Waals surface area contributed by atoms with Crippen molar-refractivity contribution in [3.05, 3.63) is 48.6 Å². The van der Waals surface area contributed by atoms with Gasteiger partial charge in [0.05, 0.1) is 0 Å². The molecule has 0 aliphatic rings. The first-order valence-corrected chi connectivity index (χ1v) is 29.6. The average Bonchev–Trinajstić information content (AvgIpc) is 3.34. The average molecular weight is 954 g/mol. The molecule has 0 rings (SSSR count). The van der Waals surface area contributed by atoms with Crippen LogP contribution in [0.2, 0.25) is 0 Å². The van der Waals surface area contributed by atoms with E-state index in [0.717, 1.165) is 70.6 Å². The zero-order valence-corrected chi connectivity index (χ0v) is 45.4. The second kappa shape index (κ2) is 57.0. The molecule has 0 aliphatic carbocycles. The molecule has 0 aromatic carbocycles. The monoisotopic (exact) mass is 953 g/mol. The Hall–Kier alpha value is -2.63. The van der Waals surface area contributed by atoms with Gasteiger partial charge in [0.15, 0.2) is 6.10 Å². The lowest BCUT2D eigenvalue weighted by Crippen LogP contribution is -2.30. The summed E-state index contributed by atoms with van der Waals surface area (Å²) in [7, 11) is 0. The van der Waals surface area contributed by atoms with Gasteiger partial charge in [0.1, 0.15) is 13.2 Å². The Labute approximate surface area is 422 Å². The van der Waals surface area contributed by atoms with E-state index >= 15 is 0 Å². The van der Waals surface area contributed by atoms with Gasteiger partial charge in [0, 0.05) is 19.3 Å². The Morgan fingerprint density at radius 2 is 0.529 bits per heavy atom. The van der Waals surface area contributed by atoms with Crippen LogP contribution in [0.25, 0.3) is 0 Å². The molecule has 0 heterocycles. The maximum atomic E-state index is 12.9. The molecule has 0 radical (unpaired) electrons. The fourth-order valence-electron chi connectivity index (χ4n) is 8.52. The lowest BCUT2D eigenvalue weighted by atomic mass is 10.1. The Bertz CT molecular complexity index is 1190. The van der Waals surface area contributed by atoms with Crippen LogP contribution in [0.5, 0.6) is 0 Å². The van der Waals surface area contributed by atoms with Crippen LogP contribution in [0.4, 0.5) is 0 Å². The first-order chi connectivity index (χ1) is 33.5. The van der Waals surface area contributed by atoms with E-state index in [9.17, 15) is 14.4 Å². The zero-order chi connectivity index (χ0) is 49.3. The van der Waals surface area contributed by atoms with E-state index < -0.39 is 6.10 Å². The number of allylic oxidation sites excluding steroid dienone is 8. The zero-order valence-electron chi connectivity index (χ0n) is 45.4. The fourth-order valence-corrected chi connectivity index (χ4v) is 8.52. The van der Waals surface area contributed by atoms with E-state index in [2.05, 4.69) is 69.4 Å². The van der Waals surface area contributed by atoms with Crippen LogP contribution in [0.3, 0.4) is 0 Å². The van der Waals surface area contributed by atoms with Crippen LogP contribution in [0.1, 0.15) is 310 Å². The van der Waals surface area contributed by atoms with Crippen molar-refractivity contribution < 1.29 is 28.6 Å². The van der Waals surface area contributed by atoms with Crippen molar-refractivity contribution in [3.8, 4) is 0 Å². The molecule has 1 atom stereocenters. The van der Waals surface area contributed by atoms with Gasteiger partial charge in [0.2, 0.25) is 0 Å². The number of unbranched alkanes of at least 4 members (excludes halogenated alkanes) is 35. The minimum Gasteiger partial charge on any atom is -0.462 e. The molecule has 0 aromatic rings. The number of carbonyl (C=O) groups is 3. The summed E-state index contributed by atoms with van der Waals surface area (Å²) < 4.78 is 16.9. The van der Waals surface area contributed by atoms with Crippen LogP contribution >= 0.6 is 0 Å². The standard InChI is InChI=1S/C62H112O6/c1-4-7-10-13-16-19-22-25-27-29-31-33-35-37-40-43-46-49-52-55-61(64)67-58-59(57-66-60(63)54-51-48-45-42-39-24-21-18-15-12-9-6-3)68-62(65)56-53-50-47-44-41-38-36-34-32-30-28-26-23-20-17-14-11-8-5-2/h16,18-19,21,25-28,59H,4-15,17,20,22-24,29-58H2,1-3H3/b19-16-,21-18-,27-25-,28-26-. The second-order valence-electron chi connectivity index (χ2n) is 19.9. The third-order valence-electron chi connectivity index (χ3n) is 13.0. The van der Waals surface area contributed by atoms with E-state index in [-0.39, 0.29) is 31.1 Å². The summed E-state index contributed by atoms with van der Waals surface area (Å²) in [6, 6.07) is 0. The molecule has 0 N–H and O–H groups in total. The third-order valence-corrected chi connectivity index (χ3v) is 13.0. The van der Waals surface area contributed by atoms with E-state index in [0.29, 0.717) is 19.3 Å². The Morgan fingerprint density at radius 1 is 0.294 bits per heavy atom. The molecular weight excluding hydrogens is 841 g/mol. The molecule has 0 spiro atoms.